The van der Waals surface area contributed by atoms with Crippen LogP contribution in [-0.4, -0.2) is 13.1 Å². The molecule has 0 aliphatic heterocycles. The second-order valence-corrected chi connectivity index (χ2v) is 6.05. The van der Waals surface area contributed by atoms with Crippen molar-refractivity contribution in [2.75, 3.05) is 7.05 Å². The van der Waals surface area contributed by atoms with E-state index in [1.54, 1.807) is 6.07 Å². The Bertz CT molecular complexity index is 417. The molecule has 1 saturated carbocycles. The minimum Gasteiger partial charge on any atom is -0.316 e. The topological polar surface area (TPSA) is 12.0 Å². The number of hydrogen-bond acceptors (Lipinski definition) is 1. The van der Waals surface area contributed by atoms with Crippen molar-refractivity contribution >= 4 is 11.6 Å². The van der Waals surface area contributed by atoms with Gasteiger partial charge in [0, 0.05) is 6.04 Å². The zero-order valence-electron chi connectivity index (χ0n) is 10.6. The van der Waals surface area contributed by atoms with Crippen LogP contribution in [0.4, 0.5) is 4.39 Å². The molecule has 0 heterocycles. The van der Waals surface area contributed by atoms with Crippen LogP contribution >= 0.6 is 11.6 Å². The van der Waals surface area contributed by atoms with E-state index < -0.39 is 0 Å². The van der Waals surface area contributed by atoms with Gasteiger partial charge < -0.3 is 5.32 Å². The maximum absolute atomic E-state index is 13.1. The molecule has 2 atom stereocenters. The number of likely N-dealkylation sites (N-methyl/N-ethyl adjacent to an activating group) is 1. The van der Waals surface area contributed by atoms with E-state index in [1.807, 2.05) is 13.1 Å². The maximum Gasteiger partial charge on any atom is 0.141 e. The molecule has 1 aromatic carbocycles. The van der Waals surface area contributed by atoms with Crippen LogP contribution in [0.5, 0.6) is 0 Å². The SMILES string of the molecule is CNC(Cc1ccc(F)c(Cl)c1)C1CC1(C)C. The lowest BCUT2D eigenvalue weighted by Gasteiger charge is -2.18. The Morgan fingerprint density at radius 3 is 2.65 bits per heavy atom. The molecular formula is C14H19ClFN. The third kappa shape index (κ3) is 2.80. The predicted molar refractivity (Wildman–Crippen MR) is 69.8 cm³/mol. The van der Waals surface area contributed by atoms with E-state index >= 15 is 0 Å². The molecule has 0 amide bonds. The molecule has 0 radical (unpaired) electrons. The number of benzene rings is 1. The van der Waals surface area contributed by atoms with Crippen LogP contribution in [0.25, 0.3) is 0 Å². The van der Waals surface area contributed by atoms with E-state index in [4.69, 9.17) is 11.6 Å². The molecule has 1 aromatic rings. The molecular weight excluding hydrogens is 237 g/mol. The normalized spacial score (nSPS) is 23.5. The van der Waals surface area contributed by atoms with E-state index in [9.17, 15) is 4.39 Å². The van der Waals surface area contributed by atoms with E-state index in [0.29, 0.717) is 17.4 Å². The van der Waals surface area contributed by atoms with Crippen LogP contribution in [0.15, 0.2) is 18.2 Å². The fraction of sp³-hybridized carbons (Fsp3) is 0.571. The lowest BCUT2D eigenvalue weighted by atomic mass is 9.97. The Balaban J connectivity index is 2.06. The third-order valence-electron chi connectivity index (χ3n) is 3.89. The highest BCUT2D eigenvalue weighted by Gasteiger charge is 2.49. The predicted octanol–water partition coefficient (Wildman–Crippen LogP) is 3.66. The summed E-state index contributed by atoms with van der Waals surface area (Å²) in [5, 5.41) is 3.58. The first kappa shape index (κ1) is 12.8. The van der Waals surface area contributed by atoms with Crippen LogP contribution in [0, 0.1) is 17.2 Å². The van der Waals surface area contributed by atoms with E-state index in [-0.39, 0.29) is 10.8 Å². The van der Waals surface area contributed by atoms with Gasteiger partial charge in [-0.25, -0.2) is 4.39 Å². The van der Waals surface area contributed by atoms with Crippen LogP contribution in [0.2, 0.25) is 5.02 Å². The highest BCUT2D eigenvalue weighted by molar-refractivity contribution is 6.30. The minimum absolute atomic E-state index is 0.215. The lowest BCUT2D eigenvalue weighted by Crippen LogP contribution is -2.31. The maximum atomic E-state index is 13.1. The van der Waals surface area contributed by atoms with E-state index in [1.165, 1.54) is 12.5 Å². The Labute approximate surface area is 107 Å². The van der Waals surface area contributed by atoms with Crippen LogP contribution in [-0.2, 0) is 6.42 Å². The quantitative estimate of drug-likeness (QED) is 0.866. The van der Waals surface area contributed by atoms with Crippen LogP contribution < -0.4 is 5.32 Å². The zero-order chi connectivity index (χ0) is 12.6. The molecule has 0 saturated heterocycles. The molecule has 0 spiro atoms. The number of nitrogens with one attached hydrogen (secondary N) is 1. The van der Waals surface area contributed by atoms with Gasteiger partial charge in [0.2, 0.25) is 0 Å². The molecule has 0 aromatic heterocycles. The van der Waals surface area contributed by atoms with Crippen molar-refractivity contribution < 1.29 is 4.39 Å². The van der Waals surface area contributed by atoms with Crippen molar-refractivity contribution in [3.8, 4) is 0 Å². The summed E-state index contributed by atoms with van der Waals surface area (Å²) in [5.74, 6) is 0.361. The van der Waals surface area contributed by atoms with Gasteiger partial charge in [-0.15, -0.1) is 0 Å². The standard InChI is InChI=1S/C14H19ClFN/c1-14(2)8-10(14)13(17-3)7-9-4-5-12(16)11(15)6-9/h4-6,10,13,17H,7-8H2,1-3H3. The monoisotopic (exact) mass is 255 g/mol. The minimum atomic E-state index is -0.344. The molecule has 2 rings (SSSR count). The lowest BCUT2D eigenvalue weighted by molar-refractivity contribution is 0.426. The highest BCUT2D eigenvalue weighted by atomic mass is 35.5. The summed E-state index contributed by atoms with van der Waals surface area (Å²) in [4.78, 5) is 0. The third-order valence-corrected chi connectivity index (χ3v) is 4.18. The first-order chi connectivity index (χ1) is 7.94. The molecule has 1 aliphatic carbocycles. The van der Waals surface area contributed by atoms with Crippen LogP contribution in [0.3, 0.4) is 0 Å². The van der Waals surface area contributed by atoms with Gasteiger partial charge in [-0.2, -0.15) is 0 Å². The summed E-state index contributed by atoms with van der Waals surface area (Å²) >= 11 is 5.80. The molecule has 1 N–H and O–H groups in total. The number of halogens is 2. The average Bonchev–Trinajstić information content (AvgIpc) is 2.89. The molecule has 1 aliphatic rings. The van der Waals surface area contributed by atoms with E-state index in [0.717, 1.165) is 12.0 Å². The second-order valence-electron chi connectivity index (χ2n) is 5.65. The summed E-state index contributed by atoms with van der Waals surface area (Å²) in [5.41, 5.74) is 1.54. The molecule has 94 valence electrons. The van der Waals surface area contributed by atoms with Gasteiger partial charge >= 0.3 is 0 Å². The van der Waals surface area contributed by atoms with Gasteiger partial charge in [0.1, 0.15) is 5.82 Å². The molecule has 1 nitrogen and oxygen atoms in total. The highest BCUT2D eigenvalue weighted by Crippen LogP contribution is 2.53. The first-order valence-corrected chi connectivity index (χ1v) is 6.43. The summed E-state index contributed by atoms with van der Waals surface area (Å²) in [6.07, 6.45) is 2.16. The molecule has 0 bridgehead atoms. The summed E-state index contributed by atoms with van der Waals surface area (Å²) in [6.45, 7) is 4.58. The fourth-order valence-corrected chi connectivity index (χ4v) is 2.76. The van der Waals surface area contributed by atoms with Gasteiger partial charge in [-0.05, 0) is 48.9 Å². The number of hydrogen-bond donors (Lipinski definition) is 1. The fourth-order valence-electron chi connectivity index (χ4n) is 2.56. The van der Waals surface area contributed by atoms with Crippen molar-refractivity contribution in [1.29, 1.82) is 0 Å². The molecule has 3 heteroatoms. The van der Waals surface area contributed by atoms with Gasteiger partial charge in [0.05, 0.1) is 5.02 Å². The van der Waals surface area contributed by atoms with Gasteiger partial charge in [-0.3, -0.25) is 0 Å². The summed E-state index contributed by atoms with van der Waals surface area (Å²) in [6, 6.07) is 5.45. The van der Waals surface area contributed by atoms with Crippen molar-refractivity contribution in [2.24, 2.45) is 11.3 Å². The molecule has 17 heavy (non-hydrogen) atoms. The largest absolute Gasteiger partial charge is 0.316 e. The summed E-state index contributed by atoms with van der Waals surface area (Å²) in [7, 11) is 1.99. The van der Waals surface area contributed by atoms with Gasteiger partial charge in [0.25, 0.3) is 0 Å². The van der Waals surface area contributed by atoms with Crippen molar-refractivity contribution in [3.63, 3.8) is 0 Å². The van der Waals surface area contributed by atoms with Gasteiger partial charge in [-0.1, -0.05) is 31.5 Å². The molecule has 1 fully saturated rings. The van der Waals surface area contributed by atoms with E-state index in [2.05, 4.69) is 19.2 Å². The van der Waals surface area contributed by atoms with Crippen molar-refractivity contribution in [1.82, 2.24) is 5.32 Å². The average molecular weight is 256 g/mol. The van der Waals surface area contributed by atoms with Crippen LogP contribution in [0.1, 0.15) is 25.8 Å². The molecule has 2 unspecified atom stereocenters. The smallest absolute Gasteiger partial charge is 0.141 e. The van der Waals surface area contributed by atoms with Gasteiger partial charge in [0.15, 0.2) is 0 Å². The Morgan fingerprint density at radius 2 is 2.18 bits per heavy atom. The Morgan fingerprint density at radius 1 is 1.53 bits per heavy atom. The second kappa shape index (κ2) is 4.58. The van der Waals surface area contributed by atoms with Crippen molar-refractivity contribution in [3.05, 3.63) is 34.6 Å². The zero-order valence-corrected chi connectivity index (χ0v) is 11.3. The Hall–Kier alpha value is -0.600. The van der Waals surface area contributed by atoms with Crippen molar-refractivity contribution in [2.45, 2.75) is 32.7 Å². The Kier molecular flexibility index (Phi) is 3.46. The number of rotatable bonds is 4. The first-order valence-electron chi connectivity index (χ1n) is 6.05. The summed E-state index contributed by atoms with van der Waals surface area (Å²) < 4.78 is 13.1.